The van der Waals surface area contributed by atoms with Crippen molar-refractivity contribution in [3.05, 3.63) is 77.2 Å². The van der Waals surface area contributed by atoms with Crippen LogP contribution in [0.2, 0.25) is 0 Å². The van der Waals surface area contributed by atoms with E-state index in [1.165, 1.54) is 5.56 Å². The minimum absolute atomic E-state index is 0.798. The Hall–Kier alpha value is -1.27. The molecular formula is C14H12Cl. The molecule has 0 aliphatic heterocycles. The number of halogens is 1. The second-order valence-corrected chi connectivity index (χ2v) is 3.89. The molecule has 0 saturated carbocycles. The van der Waals surface area contributed by atoms with Crippen LogP contribution in [0.5, 0.6) is 0 Å². The Labute approximate surface area is 95.5 Å². The van der Waals surface area contributed by atoms with E-state index in [-0.39, 0.29) is 0 Å². The van der Waals surface area contributed by atoms with Crippen LogP contribution in [0.1, 0.15) is 11.1 Å². The number of hydrogen-bond acceptors (Lipinski definition) is 0. The molecule has 0 amide bonds. The quantitative estimate of drug-likeness (QED) is 0.725. The van der Waals surface area contributed by atoms with Crippen molar-refractivity contribution < 1.29 is 0 Å². The normalized spacial score (nSPS) is 10.5. The first kappa shape index (κ1) is 10.3. The van der Waals surface area contributed by atoms with Gasteiger partial charge in [-0.3, -0.25) is 0 Å². The zero-order chi connectivity index (χ0) is 10.5. The van der Waals surface area contributed by atoms with E-state index in [9.17, 15) is 0 Å². The van der Waals surface area contributed by atoms with Crippen molar-refractivity contribution in [2.24, 2.45) is 0 Å². The predicted octanol–water partition coefficient (Wildman–Crippen LogP) is 4.05. The Morgan fingerprint density at radius 1 is 0.800 bits per heavy atom. The summed E-state index contributed by atoms with van der Waals surface area (Å²) in [7, 11) is 0. The van der Waals surface area contributed by atoms with E-state index in [4.69, 9.17) is 11.6 Å². The molecule has 2 aromatic rings. The molecule has 0 aliphatic carbocycles. The van der Waals surface area contributed by atoms with Crippen LogP contribution in [0.4, 0.5) is 0 Å². The van der Waals surface area contributed by atoms with E-state index in [0.717, 1.165) is 17.4 Å². The van der Waals surface area contributed by atoms with Crippen molar-refractivity contribution in [2.75, 3.05) is 0 Å². The summed E-state index contributed by atoms with van der Waals surface area (Å²) in [6.07, 6.45) is 0.798. The van der Waals surface area contributed by atoms with Crippen molar-refractivity contribution in [3.8, 4) is 0 Å². The second kappa shape index (κ2) is 4.99. The smallest absolute Gasteiger partial charge is 0.0970 e. The third kappa shape index (κ3) is 2.84. The van der Waals surface area contributed by atoms with Gasteiger partial charge in [0.2, 0.25) is 0 Å². The van der Waals surface area contributed by atoms with Crippen LogP contribution in [0.3, 0.4) is 0 Å². The van der Waals surface area contributed by atoms with Crippen molar-refractivity contribution in [3.63, 3.8) is 0 Å². The van der Waals surface area contributed by atoms with Gasteiger partial charge in [-0.1, -0.05) is 60.7 Å². The summed E-state index contributed by atoms with van der Waals surface area (Å²) in [4.78, 5) is 0. The van der Waals surface area contributed by atoms with E-state index in [1.54, 1.807) is 0 Å². The molecule has 0 bridgehead atoms. The van der Waals surface area contributed by atoms with Gasteiger partial charge in [0, 0.05) is 0 Å². The molecule has 1 radical (unpaired) electrons. The number of hydrogen-bond donors (Lipinski definition) is 0. The molecule has 0 fully saturated rings. The lowest BCUT2D eigenvalue weighted by atomic mass is 10.0. The van der Waals surface area contributed by atoms with E-state index in [1.807, 2.05) is 48.5 Å². The Morgan fingerprint density at radius 3 is 1.93 bits per heavy atom. The highest BCUT2D eigenvalue weighted by atomic mass is 35.5. The van der Waals surface area contributed by atoms with Gasteiger partial charge in [-0.25, -0.2) is 0 Å². The second-order valence-electron chi connectivity index (χ2n) is 3.43. The van der Waals surface area contributed by atoms with Crippen molar-refractivity contribution in [1.82, 2.24) is 0 Å². The molecule has 15 heavy (non-hydrogen) atoms. The maximum Gasteiger partial charge on any atom is 0.0970 e. The van der Waals surface area contributed by atoms with Gasteiger partial charge in [-0.2, -0.15) is 0 Å². The van der Waals surface area contributed by atoms with Gasteiger partial charge in [0.1, 0.15) is 0 Å². The van der Waals surface area contributed by atoms with Gasteiger partial charge in [0.05, 0.1) is 5.38 Å². The number of benzene rings is 2. The summed E-state index contributed by atoms with van der Waals surface area (Å²) < 4.78 is 0. The first-order valence-electron chi connectivity index (χ1n) is 4.97. The average molecular weight is 216 g/mol. The van der Waals surface area contributed by atoms with Gasteiger partial charge in [-0.05, 0) is 17.5 Å². The van der Waals surface area contributed by atoms with Gasteiger partial charge < -0.3 is 0 Å². The predicted molar refractivity (Wildman–Crippen MR) is 64.8 cm³/mol. The maximum absolute atomic E-state index is 6.26. The van der Waals surface area contributed by atoms with E-state index in [0.29, 0.717) is 0 Å². The molecule has 2 aromatic carbocycles. The lowest BCUT2D eigenvalue weighted by Gasteiger charge is -2.08. The van der Waals surface area contributed by atoms with Gasteiger partial charge in [0.25, 0.3) is 0 Å². The molecule has 0 aromatic heterocycles. The molecule has 0 atom stereocenters. The van der Waals surface area contributed by atoms with E-state index in [2.05, 4.69) is 12.1 Å². The maximum atomic E-state index is 6.26. The van der Waals surface area contributed by atoms with E-state index < -0.39 is 0 Å². The zero-order valence-electron chi connectivity index (χ0n) is 8.36. The first-order chi connectivity index (χ1) is 7.36. The van der Waals surface area contributed by atoms with Crippen LogP contribution in [0, 0.1) is 5.38 Å². The number of rotatable bonds is 3. The molecule has 1 heteroatoms. The van der Waals surface area contributed by atoms with Gasteiger partial charge in [0.15, 0.2) is 0 Å². The summed E-state index contributed by atoms with van der Waals surface area (Å²) in [6.45, 7) is 0. The Balaban J connectivity index is 2.08. The topological polar surface area (TPSA) is 0 Å². The summed E-state index contributed by atoms with van der Waals surface area (Å²) in [5, 5.41) is 0.891. The fraction of sp³-hybridized carbons (Fsp3) is 0.0714. The Kier molecular flexibility index (Phi) is 3.41. The molecule has 0 heterocycles. The summed E-state index contributed by atoms with van der Waals surface area (Å²) >= 11 is 6.26. The third-order valence-corrected chi connectivity index (χ3v) is 2.64. The van der Waals surface area contributed by atoms with Crippen LogP contribution >= 0.6 is 11.6 Å². The highest BCUT2D eigenvalue weighted by Gasteiger charge is 2.08. The van der Waals surface area contributed by atoms with Crippen LogP contribution in [0.25, 0.3) is 0 Å². The lowest BCUT2D eigenvalue weighted by molar-refractivity contribution is 1.12. The fourth-order valence-corrected chi connectivity index (χ4v) is 1.78. The molecule has 0 unspecified atom stereocenters. The first-order valence-corrected chi connectivity index (χ1v) is 5.35. The molecule has 2 rings (SSSR count). The summed E-state index contributed by atoms with van der Waals surface area (Å²) in [5.74, 6) is 0. The molecule has 75 valence electrons. The monoisotopic (exact) mass is 215 g/mol. The molecular weight excluding hydrogens is 204 g/mol. The van der Waals surface area contributed by atoms with Crippen LogP contribution < -0.4 is 0 Å². The Bertz CT molecular complexity index is 394. The van der Waals surface area contributed by atoms with Crippen LogP contribution in [0.15, 0.2) is 60.7 Å². The summed E-state index contributed by atoms with van der Waals surface area (Å²) in [5.41, 5.74) is 2.34. The highest BCUT2D eigenvalue weighted by molar-refractivity contribution is 6.29. The standard InChI is InChI=1S/C14H12Cl/c15-14(13-9-5-2-6-10-13)11-12-7-3-1-4-8-12/h1-10H,11H2. The Morgan fingerprint density at radius 2 is 1.33 bits per heavy atom. The fourth-order valence-electron chi connectivity index (χ4n) is 1.50. The highest BCUT2D eigenvalue weighted by Crippen LogP contribution is 2.23. The summed E-state index contributed by atoms with van der Waals surface area (Å²) in [6, 6.07) is 20.3. The van der Waals surface area contributed by atoms with Crippen molar-refractivity contribution in [2.45, 2.75) is 6.42 Å². The van der Waals surface area contributed by atoms with Gasteiger partial charge >= 0.3 is 0 Å². The third-order valence-electron chi connectivity index (χ3n) is 2.29. The lowest BCUT2D eigenvalue weighted by Crippen LogP contribution is -1.95. The molecule has 0 spiro atoms. The van der Waals surface area contributed by atoms with Gasteiger partial charge in [-0.15, -0.1) is 11.6 Å². The molecule has 0 nitrogen and oxygen atoms in total. The van der Waals surface area contributed by atoms with E-state index >= 15 is 0 Å². The average Bonchev–Trinajstić information content (AvgIpc) is 2.31. The zero-order valence-corrected chi connectivity index (χ0v) is 9.11. The molecule has 0 saturated heterocycles. The van der Waals surface area contributed by atoms with Crippen molar-refractivity contribution >= 4 is 11.6 Å². The minimum atomic E-state index is 0.798. The van der Waals surface area contributed by atoms with Crippen LogP contribution in [-0.2, 0) is 6.42 Å². The largest absolute Gasteiger partial charge is 0.111 e. The van der Waals surface area contributed by atoms with Crippen molar-refractivity contribution in [1.29, 1.82) is 0 Å². The molecule has 0 N–H and O–H groups in total. The molecule has 0 aliphatic rings. The van der Waals surface area contributed by atoms with Crippen LogP contribution in [-0.4, -0.2) is 0 Å². The SMILES string of the molecule is Cl[C](Cc1ccccc1)c1ccccc1. The minimum Gasteiger partial charge on any atom is -0.111 e.